The van der Waals surface area contributed by atoms with Gasteiger partial charge in [0, 0.05) is 42.8 Å². The van der Waals surface area contributed by atoms with Crippen LogP contribution in [-0.4, -0.2) is 65.8 Å². The summed E-state index contributed by atoms with van der Waals surface area (Å²) in [7, 11) is 3.08. The molecule has 0 spiro atoms. The topological polar surface area (TPSA) is 96.8 Å². The monoisotopic (exact) mass is 663 g/mol. The van der Waals surface area contributed by atoms with Crippen molar-refractivity contribution in [1.29, 1.82) is 0 Å². The molecule has 0 saturated heterocycles. The Balaban J connectivity index is 1.67. The van der Waals surface area contributed by atoms with Crippen LogP contribution in [0.5, 0.6) is 0 Å². The van der Waals surface area contributed by atoms with Gasteiger partial charge in [0.1, 0.15) is 17.7 Å². The van der Waals surface area contributed by atoms with E-state index in [2.05, 4.69) is 10.1 Å². The van der Waals surface area contributed by atoms with Crippen LogP contribution in [0.25, 0.3) is 5.69 Å². The predicted molar refractivity (Wildman–Crippen MR) is 170 cm³/mol. The molecule has 5 rings (SSSR count). The van der Waals surface area contributed by atoms with Crippen molar-refractivity contribution in [2.75, 3.05) is 32.1 Å². The fraction of sp³-hybridized carbons (Fsp3) is 0.257. The molecule has 0 unspecified atom stereocenters. The molecule has 2 atom stereocenters. The predicted octanol–water partition coefficient (Wildman–Crippen LogP) is 5.49. The van der Waals surface area contributed by atoms with Crippen LogP contribution in [-0.2, 0) is 27.0 Å². The van der Waals surface area contributed by atoms with Crippen molar-refractivity contribution >= 4 is 23.6 Å². The Hall–Kier alpha value is -5.30. The van der Waals surface area contributed by atoms with Gasteiger partial charge in [0.05, 0.1) is 24.1 Å². The number of benzene rings is 3. The lowest BCUT2D eigenvalue weighted by Crippen LogP contribution is -2.55. The van der Waals surface area contributed by atoms with E-state index < -0.39 is 47.3 Å². The first-order valence-corrected chi connectivity index (χ1v) is 15.1. The van der Waals surface area contributed by atoms with Gasteiger partial charge in [-0.05, 0) is 62.0 Å². The van der Waals surface area contributed by atoms with Gasteiger partial charge in [0.2, 0.25) is 0 Å². The molecule has 2 amide bonds. The summed E-state index contributed by atoms with van der Waals surface area (Å²) >= 11 is 0. The summed E-state index contributed by atoms with van der Waals surface area (Å²) in [5.74, 6) is -2.89. The Bertz CT molecular complexity index is 1820. The Morgan fingerprint density at radius 2 is 1.75 bits per heavy atom. The van der Waals surface area contributed by atoms with E-state index in [4.69, 9.17) is 5.10 Å². The number of likely N-dealkylation sites (N-methyl/N-ethyl adjacent to an activating group) is 2. The second-order valence-electron chi connectivity index (χ2n) is 11.2. The zero-order valence-corrected chi connectivity index (χ0v) is 26.4. The number of hydrogen-bond donors (Lipinski definition) is 1. The van der Waals surface area contributed by atoms with Crippen LogP contribution in [0.3, 0.4) is 0 Å². The fourth-order valence-corrected chi connectivity index (χ4v) is 5.75. The number of hydrogen-bond acceptors (Lipinski definition) is 6. The van der Waals surface area contributed by atoms with Gasteiger partial charge in [0.25, 0.3) is 11.8 Å². The minimum Gasteiger partial charge on any atom is -0.466 e. The number of amides is 2. The molecule has 1 aliphatic rings. The number of methoxy groups -OCH3 is 1. The van der Waals surface area contributed by atoms with Crippen molar-refractivity contribution < 1.29 is 36.7 Å². The number of anilines is 1. The third kappa shape index (κ3) is 7.15. The van der Waals surface area contributed by atoms with Crippen molar-refractivity contribution in [1.82, 2.24) is 20.0 Å². The van der Waals surface area contributed by atoms with Crippen molar-refractivity contribution in [3.63, 3.8) is 0 Å². The maximum Gasteiger partial charge on any atom is 0.416 e. The fourth-order valence-electron chi connectivity index (χ4n) is 5.75. The summed E-state index contributed by atoms with van der Waals surface area (Å²) in [6, 6.07) is 17.3. The van der Waals surface area contributed by atoms with Gasteiger partial charge in [-0.15, -0.1) is 0 Å². The highest BCUT2D eigenvalue weighted by Gasteiger charge is 2.46. The number of alkyl halides is 3. The molecule has 0 saturated carbocycles. The standard InChI is InChI=1S/C35H33F4N5O4/c1-4-43-33-30(27(21-42(2)19-9-14-28(45)48-3)41-44(33)26-12-6-5-7-13-26)29(22-15-17-25(36)18-16-22)31(34(43)47)40-32(46)23-10-8-11-24(20-23)35(37,38)39/h5-18,20,29,31H,4,19,21H2,1-3H3,(H,40,46)/b14-9+/t29-,31+/m0/s1. The molecular weight excluding hydrogens is 630 g/mol. The molecule has 2 heterocycles. The lowest BCUT2D eigenvalue weighted by molar-refractivity contribution is -0.137. The highest BCUT2D eigenvalue weighted by molar-refractivity contribution is 6.05. The van der Waals surface area contributed by atoms with Gasteiger partial charge >= 0.3 is 12.1 Å². The van der Waals surface area contributed by atoms with E-state index in [9.17, 15) is 31.9 Å². The third-order valence-corrected chi connectivity index (χ3v) is 7.98. The number of nitrogens with zero attached hydrogens (tertiary/aromatic N) is 4. The number of carbonyl (C=O) groups is 3. The van der Waals surface area contributed by atoms with E-state index in [0.717, 1.165) is 18.2 Å². The first-order chi connectivity index (χ1) is 22.9. The lowest BCUT2D eigenvalue weighted by atomic mass is 9.80. The average molecular weight is 664 g/mol. The zero-order chi connectivity index (χ0) is 34.6. The van der Waals surface area contributed by atoms with Gasteiger partial charge < -0.3 is 10.1 Å². The Morgan fingerprint density at radius 1 is 1.04 bits per heavy atom. The van der Waals surface area contributed by atoms with Gasteiger partial charge in [0.15, 0.2) is 0 Å². The van der Waals surface area contributed by atoms with Gasteiger partial charge in [-0.1, -0.05) is 42.5 Å². The summed E-state index contributed by atoms with van der Waals surface area (Å²) in [4.78, 5) is 42.9. The summed E-state index contributed by atoms with van der Waals surface area (Å²) in [6.07, 6.45) is -1.75. The molecule has 1 aliphatic heterocycles. The maximum absolute atomic E-state index is 14.4. The van der Waals surface area contributed by atoms with Gasteiger partial charge in [-0.3, -0.25) is 19.4 Å². The van der Waals surface area contributed by atoms with E-state index in [1.807, 2.05) is 35.2 Å². The molecule has 9 nitrogen and oxygen atoms in total. The van der Waals surface area contributed by atoms with Crippen LogP contribution >= 0.6 is 0 Å². The molecule has 250 valence electrons. The van der Waals surface area contributed by atoms with E-state index >= 15 is 0 Å². The second kappa shape index (κ2) is 14.2. The van der Waals surface area contributed by atoms with Crippen molar-refractivity contribution in [2.45, 2.75) is 31.6 Å². The first-order valence-electron chi connectivity index (χ1n) is 15.1. The van der Waals surface area contributed by atoms with Crippen LogP contribution in [0, 0.1) is 5.82 Å². The Morgan fingerprint density at radius 3 is 2.40 bits per heavy atom. The highest BCUT2D eigenvalue weighted by atomic mass is 19.4. The normalized spacial score (nSPS) is 16.3. The van der Waals surface area contributed by atoms with Crippen LogP contribution in [0.1, 0.15) is 45.6 Å². The summed E-state index contributed by atoms with van der Waals surface area (Å²) in [6.45, 7) is 2.49. The second-order valence-corrected chi connectivity index (χ2v) is 11.2. The summed E-state index contributed by atoms with van der Waals surface area (Å²) < 4.78 is 61.0. The molecule has 13 heteroatoms. The van der Waals surface area contributed by atoms with Crippen LogP contribution in [0.4, 0.5) is 23.4 Å². The average Bonchev–Trinajstić information content (AvgIpc) is 3.43. The van der Waals surface area contributed by atoms with Crippen molar-refractivity contribution in [2.24, 2.45) is 0 Å². The third-order valence-electron chi connectivity index (χ3n) is 7.98. The maximum atomic E-state index is 14.4. The number of esters is 1. The molecule has 4 aromatic rings. The molecule has 0 radical (unpaired) electrons. The largest absolute Gasteiger partial charge is 0.466 e. The number of nitrogens with one attached hydrogen (secondary N) is 1. The van der Waals surface area contributed by atoms with E-state index in [1.165, 1.54) is 48.4 Å². The number of para-hydroxylation sites is 1. The van der Waals surface area contributed by atoms with Crippen LogP contribution in [0.15, 0.2) is 91.0 Å². The van der Waals surface area contributed by atoms with Gasteiger partial charge in [-0.2, -0.15) is 18.3 Å². The number of aromatic nitrogens is 2. The molecule has 48 heavy (non-hydrogen) atoms. The molecule has 3 aromatic carbocycles. The summed E-state index contributed by atoms with van der Waals surface area (Å²) in [5, 5.41) is 7.66. The molecule has 0 bridgehead atoms. The Labute approximate surface area is 274 Å². The molecule has 0 fully saturated rings. The number of carbonyl (C=O) groups excluding carboxylic acids is 3. The van der Waals surface area contributed by atoms with Crippen LogP contribution in [0.2, 0.25) is 0 Å². The van der Waals surface area contributed by atoms with Crippen LogP contribution < -0.4 is 10.2 Å². The number of rotatable bonds is 10. The van der Waals surface area contributed by atoms with Crippen molar-refractivity contribution in [3.05, 3.63) is 125 Å². The number of fused-ring (bicyclic) bond motifs is 1. The van der Waals surface area contributed by atoms with E-state index in [0.29, 0.717) is 34.9 Å². The number of ether oxygens (including phenoxy) is 1. The quantitative estimate of drug-likeness (QED) is 0.137. The minimum atomic E-state index is -4.68. The van der Waals surface area contributed by atoms with Crippen molar-refractivity contribution in [3.8, 4) is 5.69 Å². The molecular formula is C35H33F4N5O4. The summed E-state index contributed by atoms with van der Waals surface area (Å²) in [5.41, 5.74) is 0.962. The molecule has 1 aromatic heterocycles. The Kier molecular flexibility index (Phi) is 10.1. The highest BCUT2D eigenvalue weighted by Crippen LogP contribution is 2.44. The van der Waals surface area contributed by atoms with E-state index in [-0.39, 0.29) is 18.7 Å². The smallest absolute Gasteiger partial charge is 0.416 e. The minimum absolute atomic E-state index is 0.174. The lowest BCUT2D eigenvalue weighted by Gasteiger charge is -2.38. The first kappa shape index (κ1) is 34.0. The molecule has 0 aliphatic carbocycles. The zero-order valence-electron chi connectivity index (χ0n) is 26.4. The van der Waals surface area contributed by atoms with Gasteiger partial charge in [-0.25, -0.2) is 13.9 Å². The molecule has 1 N–H and O–H groups in total. The SMILES string of the molecule is CCN1C(=O)[C@H](NC(=O)c2cccc(C(F)(F)F)c2)[C@@H](c2ccc(F)cc2)c2c(CN(C)C/C=C/C(=O)OC)nn(-c3ccccc3)c21. The van der Waals surface area contributed by atoms with E-state index in [1.54, 1.807) is 24.7 Å². The number of halogens is 4.